The Bertz CT molecular complexity index is 590. The van der Waals surface area contributed by atoms with E-state index >= 15 is 0 Å². The molecule has 0 N–H and O–H groups in total. The average molecular weight is 328 g/mol. The lowest BCUT2D eigenvalue weighted by molar-refractivity contribution is -0.132. The van der Waals surface area contributed by atoms with Crippen LogP contribution in [-0.2, 0) is 21.1 Å². The van der Waals surface area contributed by atoms with Gasteiger partial charge in [0.05, 0.1) is 17.9 Å². The third kappa shape index (κ3) is 3.64. The van der Waals surface area contributed by atoms with Gasteiger partial charge in [0.1, 0.15) is 0 Å². The molecule has 116 valence electrons. The monoisotopic (exact) mass is 328 g/mol. The van der Waals surface area contributed by atoms with E-state index in [1.54, 1.807) is 11.3 Å². The molecule has 0 spiro atoms. The van der Waals surface area contributed by atoms with Gasteiger partial charge in [0.2, 0.25) is 5.91 Å². The lowest BCUT2D eigenvalue weighted by Gasteiger charge is -2.37. The zero-order chi connectivity index (χ0) is 14.9. The number of sulfone groups is 1. The first kappa shape index (κ1) is 15.0. The zero-order valence-corrected chi connectivity index (χ0v) is 13.5. The van der Waals surface area contributed by atoms with Gasteiger partial charge in [-0.2, -0.15) is 11.3 Å². The number of rotatable bonds is 3. The van der Waals surface area contributed by atoms with Crippen LogP contribution in [0.4, 0.5) is 0 Å². The summed E-state index contributed by atoms with van der Waals surface area (Å²) in [5, 5.41) is 4.00. The summed E-state index contributed by atoms with van der Waals surface area (Å²) in [5.74, 6) is 0.775. The molecule has 5 nitrogen and oxygen atoms in total. The van der Waals surface area contributed by atoms with Gasteiger partial charge in [-0.3, -0.25) is 9.69 Å². The van der Waals surface area contributed by atoms with Gasteiger partial charge in [0.15, 0.2) is 9.84 Å². The van der Waals surface area contributed by atoms with E-state index in [0.29, 0.717) is 25.3 Å². The molecule has 1 atom stereocenters. The highest BCUT2D eigenvalue weighted by Crippen LogP contribution is 2.19. The zero-order valence-electron chi connectivity index (χ0n) is 11.9. The normalized spacial score (nSPS) is 26.1. The van der Waals surface area contributed by atoms with Crippen molar-refractivity contribution in [3.63, 3.8) is 0 Å². The first-order valence-electron chi connectivity index (χ1n) is 7.27. The predicted octanol–water partition coefficient (Wildman–Crippen LogP) is 0.622. The molecule has 21 heavy (non-hydrogen) atoms. The molecule has 2 aliphatic rings. The van der Waals surface area contributed by atoms with Crippen molar-refractivity contribution in [3.05, 3.63) is 22.4 Å². The Hall–Kier alpha value is -0.920. The van der Waals surface area contributed by atoms with Gasteiger partial charge in [-0.1, -0.05) is 0 Å². The minimum Gasteiger partial charge on any atom is -0.340 e. The summed E-state index contributed by atoms with van der Waals surface area (Å²) in [4.78, 5) is 16.3. The topological polar surface area (TPSA) is 57.7 Å². The van der Waals surface area contributed by atoms with Crippen molar-refractivity contribution in [2.45, 2.75) is 18.9 Å². The molecule has 1 amide bonds. The number of hydrogen-bond acceptors (Lipinski definition) is 5. The van der Waals surface area contributed by atoms with Crippen molar-refractivity contribution in [1.82, 2.24) is 9.80 Å². The van der Waals surface area contributed by atoms with Crippen LogP contribution in [0.3, 0.4) is 0 Å². The van der Waals surface area contributed by atoms with Crippen LogP contribution in [-0.4, -0.2) is 67.9 Å². The van der Waals surface area contributed by atoms with Crippen LogP contribution in [0.2, 0.25) is 0 Å². The van der Waals surface area contributed by atoms with Crippen molar-refractivity contribution < 1.29 is 13.2 Å². The van der Waals surface area contributed by atoms with E-state index in [4.69, 9.17) is 0 Å². The van der Waals surface area contributed by atoms with Gasteiger partial charge in [-0.15, -0.1) is 0 Å². The first-order valence-corrected chi connectivity index (χ1v) is 10.0. The van der Waals surface area contributed by atoms with Crippen LogP contribution in [0.15, 0.2) is 16.8 Å². The Morgan fingerprint density at radius 1 is 1.29 bits per heavy atom. The Labute approximate surface area is 129 Å². The van der Waals surface area contributed by atoms with Crippen LogP contribution in [0.25, 0.3) is 0 Å². The fourth-order valence-corrected chi connectivity index (χ4v) is 5.51. The van der Waals surface area contributed by atoms with Gasteiger partial charge >= 0.3 is 0 Å². The largest absolute Gasteiger partial charge is 0.340 e. The summed E-state index contributed by atoms with van der Waals surface area (Å²) < 4.78 is 23.1. The van der Waals surface area contributed by atoms with E-state index in [0.717, 1.165) is 25.1 Å². The highest BCUT2D eigenvalue weighted by molar-refractivity contribution is 7.91. The summed E-state index contributed by atoms with van der Waals surface area (Å²) in [7, 11) is -2.83. The third-order valence-electron chi connectivity index (χ3n) is 4.33. The number of carbonyl (C=O) groups is 1. The van der Waals surface area contributed by atoms with Gasteiger partial charge < -0.3 is 4.90 Å². The van der Waals surface area contributed by atoms with E-state index in [2.05, 4.69) is 4.90 Å². The maximum Gasteiger partial charge on any atom is 0.227 e. The van der Waals surface area contributed by atoms with E-state index < -0.39 is 9.84 Å². The highest BCUT2D eigenvalue weighted by atomic mass is 32.2. The fourth-order valence-electron chi connectivity index (χ4n) is 3.08. The number of thiophene rings is 1. The Morgan fingerprint density at radius 3 is 2.62 bits per heavy atom. The number of piperazine rings is 1. The number of hydrogen-bond donors (Lipinski definition) is 0. The fraction of sp³-hybridized carbons (Fsp3) is 0.643. The predicted molar refractivity (Wildman–Crippen MR) is 83.2 cm³/mol. The van der Waals surface area contributed by atoms with E-state index in [1.807, 2.05) is 21.7 Å². The van der Waals surface area contributed by atoms with Crippen LogP contribution in [0, 0.1) is 0 Å². The molecule has 0 aromatic carbocycles. The molecule has 0 unspecified atom stereocenters. The quantitative estimate of drug-likeness (QED) is 0.816. The minimum atomic E-state index is -2.83. The van der Waals surface area contributed by atoms with Gasteiger partial charge in [-0.05, 0) is 28.8 Å². The Kier molecular flexibility index (Phi) is 4.33. The van der Waals surface area contributed by atoms with Gasteiger partial charge in [0, 0.05) is 32.2 Å². The maximum absolute atomic E-state index is 12.2. The summed E-state index contributed by atoms with van der Waals surface area (Å²) >= 11 is 1.61. The molecular formula is C14H20N2O3S2. The van der Waals surface area contributed by atoms with E-state index in [-0.39, 0.29) is 17.7 Å². The van der Waals surface area contributed by atoms with E-state index in [1.165, 1.54) is 0 Å². The minimum absolute atomic E-state index is 0.157. The second-order valence-corrected chi connectivity index (χ2v) is 8.79. The lowest BCUT2D eigenvalue weighted by atomic mass is 10.1. The van der Waals surface area contributed by atoms with Crippen molar-refractivity contribution >= 4 is 27.1 Å². The number of carbonyl (C=O) groups excluding carboxylic acids is 1. The average Bonchev–Trinajstić information content (AvgIpc) is 3.08. The van der Waals surface area contributed by atoms with Crippen molar-refractivity contribution in [2.75, 3.05) is 37.7 Å². The molecule has 0 bridgehead atoms. The van der Waals surface area contributed by atoms with Crippen LogP contribution >= 0.6 is 11.3 Å². The highest BCUT2D eigenvalue weighted by Gasteiger charge is 2.34. The molecule has 1 aromatic heterocycles. The number of amides is 1. The van der Waals surface area contributed by atoms with Crippen LogP contribution < -0.4 is 0 Å². The molecule has 0 aliphatic carbocycles. The molecule has 2 saturated heterocycles. The lowest BCUT2D eigenvalue weighted by Crippen LogP contribution is -2.52. The molecule has 1 aromatic rings. The molecule has 3 heterocycles. The summed E-state index contributed by atoms with van der Waals surface area (Å²) in [5.41, 5.74) is 1.08. The second kappa shape index (κ2) is 6.06. The van der Waals surface area contributed by atoms with Crippen molar-refractivity contribution in [1.29, 1.82) is 0 Å². The van der Waals surface area contributed by atoms with E-state index in [9.17, 15) is 13.2 Å². The Morgan fingerprint density at radius 2 is 2.05 bits per heavy atom. The standard InChI is InChI=1S/C14H20N2O3S2/c17-14(9-12-1-7-20-10-12)16-5-3-15(4-6-16)13-2-8-21(18,19)11-13/h1,7,10,13H,2-6,8-9,11H2/t13-/m0/s1. The molecule has 7 heteroatoms. The van der Waals surface area contributed by atoms with Gasteiger partial charge in [0.25, 0.3) is 0 Å². The maximum atomic E-state index is 12.2. The van der Waals surface area contributed by atoms with Gasteiger partial charge in [-0.25, -0.2) is 8.42 Å². The summed E-state index contributed by atoms with van der Waals surface area (Å²) in [6, 6.07) is 2.14. The van der Waals surface area contributed by atoms with Crippen LogP contribution in [0.1, 0.15) is 12.0 Å². The summed E-state index contributed by atoms with van der Waals surface area (Å²) in [6.07, 6.45) is 1.21. The molecular weight excluding hydrogens is 308 g/mol. The molecule has 2 fully saturated rings. The summed E-state index contributed by atoms with van der Waals surface area (Å²) in [6.45, 7) is 2.99. The molecule has 0 radical (unpaired) electrons. The number of nitrogens with zero attached hydrogens (tertiary/aromatic N) is 2. The van der Waals surface area contributed by atoms with Crippen LogP contribution in [0.5, 0.6) is 0 Å². The first-order chi connectivity index (χ1) is 10.0. The third-order valence-corrected chi connectivity index (χ3v) is 6.81. The SMILES string of the molecule is O=C(Cc1ccsc1)N1CCN([C@H]2CCS(=O)(=O)C2)CC1. The van der Waals surface area contributed by atoms with Crippen molar-refractivity contribution in [2.24, 2.45) is 0 Å². The molecule has 3 rings (SSSR count). The molecule has 2 aliphatic heterocycles. The smallest absolute Gasteiger partial charge is 0.227 e. The van der Waals surface area contributed by atoms with Crippen molar-refractivity contribution in [3.8, 4) is 0 Å². The Balaban J connectivity index is 1.50. The second-order valence-electron chi connectivity index (χ2n) is 5.78. The molecule has 0 saturated carbocycles.